The van der Waals surface area contributed by atoms with Crippen molar-refractivity contribution in [3.05, 3.63) is 23.1 Å². The van der Waals surface area contributed by atoms with Crippen molar-refractivity contribution in [3.63, 3.8) is 0 Å². The normalized spacial score (nSPS) is 28.7. The lowest BCUT2D eigenvalue weighted by atomic mass is 10.1. The summed E-state index contributed by atoms with van der Waals surface area (Å²) in [6.07, 6.45) is -0.177. The summed E-state index contributed by atoms with van der Waals surface area (Å²) in [6, 6.07) is -0.901. The van der Waals surface area contributed by atoms with Crippen molar-refractivity contribution in [1.29, 1.82) is 0 Å². The largest absolute Gasteiger partial charge is 0.394 e. The maximum Gasteiger partial charge on any atom is 0.167 e. The Morgan fingerprint density at radius 3 is 3.00 bits per heavy atom. The van der Waals surface area contributed by atoms with E-state index < -0.39 is 24.5 Å². The molecule has 110 valence electrons. The molecule has 4 N–H and O–H groups in total. The highest BCUT2D eigenvalue weighted by Crippen LogP contribution is 2.33. The van der Waals surface area contributed by atoms with Crippen molar-refractivity contribution in [2.24, 2.45) is 5.11 Å². The molecule has 0 saturated carbocycles. The van der Waals surface area contributed by atoms with E-state index in [0.717, 1.165) is 0 Å². The average Bonchev–Trinajstić information content (AvgIpc) is 3.03. The lowest BCUT2D eigenvalue weighted by molar-refractivity contribution is -0.0488. The second kappa shape index (κ2) is 5.14. The molecule has 1 fully saturated rings. The molecule has 11 heteroatoms. The number of anilines is 1. The van der Waals surface area contributed by atoms with Crippen molar-refractivity contribution < 1.29 is 14.9 Å². The fourth-order valence-corrected chi connectivity index (χ4v) is 2.37. The van der Waals surface area contributed by atoms with E-state index in [1.807, 2.05) is 0 Å². The maximum absolute atomic E-state index is 10.3. The zero-order chi connectivity index (χ0) is 15.0. The van der Waals surface area contributed by atoms with E-state index in [0.29, 0.717) is 11.2 Å². The van der Waals surface area contributed by atoms with Gasteiger partial charge in [-0.1, -0.05) is 5.11 Å². The van der Waals surface area contributed by atoms with Gasteiger partial charge in [-0.2, -0.15) is 0 Å². The second-order valence-electron chi connectivity index (χ2n) is 4.52. The Morgan fingerprint density at radius 2 is 2.29 bits per heavy atom. The van der Waals surface area contributed by atoms with Crippen LogP contribution in [0.15, 0.2) is 17.8 Å². The summed E-state index contributed by atoms with van der Waals surface area (Å²) in [5, 5.41) is 23.0. The van der Waals surface area contributed by atoms with Crippen LogP contribution >= 0.6 is 0 Å². The van der Waals surface area contributed by atoms with Crippen LogP contribution in [0.1, 0.15) is 6.23 Å². The van der Waals surface area contributed by atoms with Crippen molar-refractivity contribution in [2.45, 2.75) is 24.5 Å². The molecule has 0 aromatic carbocycles. The van der Waals surface area contributed by atoms with Gasteiger partial charge in [0.1, 0.15) is 17.9 Å². The Balaban J connectivity index is 2.03. The van der Waals surface area contributed by atoms with Crippen LogP contribution < -0.4 is 5.73 Å². The van der Waals surface area contributed by atoms with Crippen LogP contribution in [0.4, 0.5) is 5.82 Å². The SMILES string of the molecule is [N-]=[N+]=NC1[C@@H](CO)O[C@@H](n2cnc3c(N)ncnc32)[C@H]1O. The molecule has 3 heterocycles. The number of rotatable bonds is 3. The summed E-state index contributed by atoms with van der Waals surface area (Å²) in [6.45, 7) is -0.388. The first-order chi connectivity index (χ1) is 10.2. The molecule has 11 nitrogen and oxygen atoms in total. The monoisotopic (exact) mass is 292 g/mol. The Kier molecular flexibility index (Phi) is 3.31. The van der Waals surface area contributed by atoms with E-state index in [9.17, 15) is 10.2 Å². The third kappa shape index (κ3) is 2.04. The van der Waals surface area contributed by atoms with E-state index in [-0.39, 0.29) is 12.4 Å². The van der Waals surface area contributed by atoms with E-state index >= 15 is 0 Å². The Labute approximate surface area is 117 Å². The van der Waals surface area contributed by atoms with Gasteiger partial charge in [-0.15, -0.1) is 0 Å². The smallest absolute Gasteiger partial charge is 0.167 e. The van der Waals surface area contributed by atoms with Crippen molar-refractivity contribution >= 4 is 17.0 Å². The van der Waals surface area contributed by atoms with E-state index in [1.54, 1.807) is 0 Å². The zero-order valence-corrected chi connectivity index (χ0v) is 10.7. The third-order valence-electron chi connectivity index (χ3n) is 3.36. The van der Waals surface area contributed by atoms with Gasteiger partial charge in [-0.25, -0.2) is 15.0 Å². The van der Waals surface area contributed by atoms with Gasteiger partial charge >= 0.3 is 0 Å². The molecule has 1 saturated heterocycles. The quantitative estimate of drug-likeness (QED) is 0.383. The predicted molar refractivity (Wildman–Crippen MR) is 69.7 cm³/mol. The third-order valence-corrected chi connectivity index (χ3v) is 3.36. The molecule has 2 aromatic rings. The Hall–Kier alpha value is -2.46. The molecule has 4 atom stereocenters. The van der Waals surface area contributed by atoms with Gasteiger partial charge in [0.15, 0.2) is 17.7 Å². The van der Waals surface area contributed by atoms with Crippen molar-refractivity contribution in [2.75, 3.05) is 12.3 Å². The fourth-order valence-electron chi connectivity index (χ4n) is 2.37. The summed E-state index contributed by atoms with van der Waals surface area (Å²) in [5.74, 6) is 0.205. The van der Waals surface area contributed by atoms with Crippen LogP contribution in [0.25, 0.3) is 21.6 Å². The minimum absolute atomic E-state index is 0.205. The van der Waals surface area contributed by atoms with E-state index in [1.165, 1.54) is 17.2 Å². The maximum atomic E-state index is 10.3. The number of fused-ring (bicyclic) bond motifs is 1. The number of ether oxygens (including phenoxy) is 1. The summed E-state index contributed by atoms with van der Waals surface area (Å²) < 4.78 is 7.00. The molecule has 3 rings (SSSR count). The minimum Gasteiger partial charge on any atom is -0.394 e. The lowest BCUT2D eigenvalue weighted by Crippen LogP contribution is -2.31. The standard InChI is InChI=1S/C10H12N8O3/c11-8-6-9(14-2-13-8)18(3-15-6)10-7(20)5(16-17-12)4(1-19)21-10/h2-5,7,10,19-20H,1H2,(H2,11,13,14)/t4-,5?,7+,10-/m1/s1. The molecule has 1 unspecified atom stereocenters. The number of nitrogens with two attached hydrogens (primary N) is 1. The Bertz CT molecular complexity index is 711. The first kappa shape index (κ1) is 13.5. The van der Waals surface area contributed by atoms with Crippen LogP contribution in [-0.4, -0.2) is 54.6 Å². The number of aromatic nitrogens is 4. The van der Waals surface area contributed by atoms with E-state index in [4.69, 9.17) is 16.0 Å². The highest BCUT2D eigenvalue weighted by molar-refractivity contribution is 5.81. The predicted octanol–water partition coefficient (Wildman–Crippen LogP) is -0.662. The lowest BCUT2D eigenvalue weighted by Gasteiger charge is -2.16. The topological polar surface area (TPSA) is 168 Å². The minimum atomic E-state index is -1.15. The van der Waals surface area contributed by atoms with Gasteiger partial charge in [0.05, 0.1) is 25.1 Å². The second-order valence-corrected chi connectivity index (χ2v) is 4.52. The zero-order valence-electron chi connectivity index (χ0n) is 10.7. The number of nitrogen functional groups attached to an aromatic ring is 1. The fraction of sp³-hybridized carbons (Fsp3) is 0.500. The number of aliphatic hydroxyl groups is 2. The molecular formula is C10H12N8O3. The number of nitrogens with zero attached hydrogens (tertiary/aromatic N) is 7. The first-order valence-corrected chi connectivity index (χ1v) is 6.09. The van der Waals surface area contributed by atoms with Gasteiger partial charge < -0.3 is 20.7 Å². The number of hydrogen-bond acceptors (Lipinski definition) is 8. The van der Waals surface area contributed by atoms with Crippen LogP contribution in [0.3, 0.4) is 0 Å². The van der Waals surface area contributed by atoms with Crippen molar-refractivity contribution in [3.8, 4) is 0 Å². The van der Waals surface area contributed by atoms with Crippen LogP contribution in [0.5, 0.6) is 0 Å². The molecule has 1 aliphatic heterocycles. The molecular weight excluding hydrogens is 280 g/mol. The summed E-state index contributed by atoms with van der Waals surface area (Å²) in [7, 11) is 0. The van der Waals surface area contributed by atoms with Gasteiger partial charge in [0, 0.05) is 4.91 Å². The number of hydrogen-bond donors (Lipinski definition) is 3. The molecule has 0 amide bonds. The number of aliphatic hydroxyl groups excluding tert-OH is 2. The van der Waals surface area contributed by atoms with Crippen molar-refractivity contribution in [1.82, 2.24) is 19.5 Å². The molecule has 21 heavy (non-hydrogen) atoms. The molecule has 0 spiro atoms. The Morgan fingerprint density at radius 1 is 1.48 bits per heavy atom. The summed E-state index contributed by atoms with van der Waals surface area (Å²) in [5.41, 5.74) is 15.0. The van der Waals surface area contributed by atoms with Crippen LogP contribution in [-0.2, 0) is 4.74 Å². The highest BCUT2D eigenvalue weighted by atomic mass is 16.5. The average molecular weight is 292 g/mol. The number of azide groups is 1. The first-order valence-electron chi connectivity index (χ1n) is 6.09. The molecule has 0 bridgehead atoms. The van der Waals surface area contributed by atoms with Crippen LogP contribution in [0, 0.1) is 0 Å². The molecule has 1 aliphatic rings. The van der Waals surface area contributed by atoms with Gasteiger partial charge in [-0.3, -0.25) is 4.57 Å². The van der Waals surface area contributed by atoms with Crippen LogP contribution in [0.2, 0.25) is 0 Å². The highest BCUT2D eigenvalue weighted by Gasteiger charge is 2.44. The van der Waals surface area contributed by atoms with Gasteiger partial charge in [-0.05, 0) is 5.53 Å². The molecule has 0 aliphatic carbocycles. The molecule has 0 radical (unpaired) electrons. The summed E-state index contributed by atoms with van der Waals surface area (Å²) >= 11 is 0. The summed E-state index contributed by atoms with van der Waals surface area (Å²) in [4.78, 5) is 14.6. The van der Waals surface area contributed by atoms with Gasteiger partial charge in [0.2, 0.25) is 0 Å². The van der Waals surface area contributed by atoms with Gasteiger partial charge in [0.25, 0.3) is 0 Å². The molecule has 2 aromatic heterocycles. The number of imidazole rings is 1. The van der Waals surface area contributed by atoms with E-state index in [2.05, 4.69) is 25.0 Å².